The zero-order valence-corrected chi connectivity index (χ0v) is 8.37. The van der Waals surface area contributed by atoms with Crippen molar-refractivity contribution < 1.29 is 9.50 Å². The molecule has 1 aliphatic carbocycles. The lowest BCUT2D eigenvalue weighted by Crippen LogP contribution is -2.09. The van der Waals surface area contributed by atoms with Crippen molar-refractivity contribution in [2.45, 2.75) is 18.4 Å². The smallest absolute Gasteiger partial charge is 0.143 e. The SMILES string of the molecule is Cn1c(C2(O)CC2)cc2ncc(F)cc21. The Morgan fingerprint density at radius 3 is 2.87 bits per heavy atom. The second kappa shape index (κ2) is 2.58. The molecule has 0 amide bonds. The Balaban J connectivity index is 2.29. The maximum atomic E-state index is 13.0. The summed E-state index contributed by atoms with van der Waals surface area (Å²) in [6.07, 6.45) is 2.75. The van der Waals surface area contributed by atoms with Crippen LogP contribution in [0.5, 0.6) is 0 Å². The fraction of sp³-hybridized carbons (Fsp3) is 0.364. The number of pyridine rings is 1. The standard InChI is InChI=1S/C11H11FN2O/c1-14-9-4-7(12)6-13-8(9)5-10(14)11(15)2-3-11/h4-6,15H,2-3H2,1H3. The number of aryl methyl sites for hydroxylation is 1. The first kappa shape index (κ1) is 8.85. The molecule has 1 fully saturated rings. The Morgan fingerprint density at radius 2 is 2.20 bits per heavy atom. The van der Waals surface area contributed by atoms with Crippen molar-refractivity contribution in [3.05, 3.63) is 29.8 Å². The Bertz CT molecular complexity index is 543. The van der Waals surface area contributed by atoms with Crippen LogP contribution in [0.4, 0.5) is 4.39 Å². The molecule has 2 heterocycles. The van der Waals surface area contributed by atoms with Crippen molar-refractivity contribution in [2.75, 3.05) is 0 Å². The highest BCUT2D eigenvalue weighted by Gasteiger charge is 2.44. The molecule has 1 saturated carbocycles. The van der Waals surface area contributed by atoms with E-state index in [9.17, 15) is 9.50 Å². The van der Waals surface area contributed by atoms with Crippen LogP contribution >= 0.6 is 0 Å². The van der Waals surface area contributed by atoms with Gasteiger partial charge in [-0.05, 0) is 18.9 Å². The van der Waals surface area contributed by atoms with Crippen LogP contribution in [0.3, 0.4) is 0 Å². The molecule has 1 N–H and O–H groups in total. The zero-order chi connectivity index (χ0) is 10.6. The number of fused-ring (bicyclic) bond motifs is 1. The van der Waals surface area contributed by atoms with Gasteiger partial charge in [0.15, 0.2) is 0 Å². The Labute approximate surface area is 86.2 Å². The number of nitrogens with zero attached hydrogens (tertiary/aromatic N) is 2. The van der Waals surface area contributed by atoms with Gasteiger partial charge in [-0.25, -0.2) is 4.39 Å². The number of hydrogen-bond donors (Lipinski definition) is 1. The van der Waals surface area contributed by atoms with E-state index in [-0.39, 0.29) is 5.82 Å². The fourth-order valence-electron chi connectivity index (χ4n) is 2.00. The van der Waals surface area contributed by atoms with E-state index in [1.54, 1.807) is 0 Å². The average Bonchev–Trinajstić information content (AvgIpc) is 2.86. The van der Waals surface area contributed by atoms with Crippen molar-refractivity contribution >= 4 is 11.0 Å². The minimum absolute atomic E-state index is 0.349. The van der Waals surface area contributed by atoms with Gasteiger partial charge in [0, 0.05) is 13.1 Å². The van der Waals surface area contributed by atoms with E-state index < -0.39 is 5.60 Å². The minimum Gasteiger partial charge on any atom is -0.384 e. The first-order valence-corrected chi connectivity index (χ1v) is 4.94. The normalized spacial score (nSPS) is 18.3. The summed E-state index contributed by atoms with van der Waals surface area (Å²) in [5.41, 5.74) is 1.58. The van der Waals surface area contributed by atoms with Crippen molar-refractivity contribution in [2.24, 2.45) is 7.05 Å². The summed E-state index contributed by atoms with van der Waals surface area (Å²) in [5.74, 6) is -0.349. The molecule has 2 aromatic rings. The van der Waals surface area contributed by atoms with E-state index in [1.807, 2.05) is 17.7 Å². The Morgan fingerprint density at radius 1 is 1.47 bits per heavy atom. The lowest BCUT2D eigenvalue weighted by atomic mass is 10.2. The molecule has 0 spiro atoms. The van der Waals surface area contributed by atoms with Gasteiger partial charge in [-0.2, -0.15) is 0 Å². The molecule has 3 nitrogen and oxygen atoms in total. The maximum absolute atomic E-state index is 13.0. The van der Waals surface area contributed by atoms with Crippen LogP contribution in [-0.4, -0.2) is 14.7 Å². The van der Waals surface area contributed by atoms with E-state index in [0.717, 1.165) is 29.6 Å². The quantitative estimate of drug-likeness (QED) is 0.771. The molecule has 0 atom stereocenters. The molecule has 15 heavy (non-hydrogen) atoms. The number of hydrogen-bond acceptors (Lipinski definition) is 2. The Hall–Kier alpha value is -1.42. The molecule has 0 aliphatic heterocycles. The third-order valence-electron chi connectivity index (χ3n) is 3.06. The number of aromatic nitrogens is 2. The first-order chi connectivity index (χ1) is 7.10. The van der Waals surface area contributed by atoms with Crippen molar-refractivity contribution in [3.8, 4) is 0 Å². The number of rotatable bonds is 1. The molecule has 1 aliphatic rings. The van der Waals surface area contributed by atoms with Crippen LogP contribution in [0.1, 0.15) is 18.5 Å². The summed E-state index contributed by atoms with van der Waals surface area (Å²) in [4.78, 5) is 4.00. The van der Waals surface area contributed by atoms with Crippen LogP contribution < -0.4 is 0 Å². The van der Waals surface area contributed by atoms with Crippen LogP contribution in [0, 0.1) is 5.82 Å². The minimum atomic E-state index is -0.702. The summed E-state index contributed by atoms with van der Waals surface area (Å²) in [7, 11) is 1.83. The lowest BCUT2D eigenvalue weighted by Gasteiger charge is -2.08. The second-order valence-corrected chi connectivity index (χ2v) is 4.18. The molecular formula is C11H11FN2O. The average molecular weight is 206 g/mol. The van der Waals surface area contributed by atoms with Gasteiger partial charge in [0.25, 0.3) is 0 Å². The topological polar surface area (TPSA) is 38.0 Å². The van der Waals surface area contributed by atoms with Gasteiger partial charge in [0.1, 0.15) is 11.4 Å². The third kappa shape index (κ3) is 1.18. The van der Waals surface area contributed by atoms with Gasteiger partial charge < -0.3 is 9.67 Å². The van der Waals surface area contributed by atoms with Gasteiger partial charge in [0.2, 0.25) is 0 Å². The van der Waals surface area contributed by atoms with E-state index >= 15 is 0 Å². The van der Waals surface area contributed by atoms with Gasteiger partial charge in [0.05, 0.1) is 22.9 Å². The van der Waals surface area contributed by atoms with Crippen LogP contribution in [0.25, 0.3) is 11.0 Å². The van der Waals surface area contributed by atoms with E-state index in [0.29, 0.717) is 0 Å². The molecule has 2 aromatic heterocycles. The highest BCUT2D eigenvalue weighted by atomic mass is 19.1. The molecule has 0 unspecified atom stereocenters. The molecule has 4 heteroatoms. The predicted molar refractivity (Wildman–Crippen MR) is 53.8 cm³/mol. The lowest BCUT2D eigenvalue weighted by molar-refractivity contribution is 0.143. The summed E-state index contributed by atoms with van der Waals surface area (Å²) in [6.45, 7) is 0. The molecule has 78 valence electrons. The maximum Gasteiger partial charge on any atom is 0.143 e. The van der Waals surface area contributed by atoms with Crippen LogP contribution in [0.2, 0.25) is 0 Å². The van der Waals surface area contributed by atoms with Gasteiger partial charge in [-0.3, -0.25) is 4.98 Å². The predicted octanol–water partition coefficient (Wildman–Crippen LogP) is 1.69. The zero-order valence-electron chi connectivity index (χ0n) is 8.37. The van der Waals surface area contributed by atoms with E-state index in [1.165, 1.54) is 12.3 Å². The highest BCUT2D eigenvalue weighted by molar-refractivity contribution is 5.77. The highest BCUT2D eigenvalue weighted by Crippen LogP contribution is 2.46. The van der Waals surface area contributed by atoms with Gasteiger partial charge in [-0.1, -0.05) is 0 Å². The molecule has 0 radical (unpaired) electrons. The van der Waals surface area contributed by atoms with Gasteiger partial charge >= 0.3 is 0 Å². The molecule has 0 saturated heterocycles. The molecular weight excluding hydrogens is 195 g/mol. The summed E-state index contributed by atoms with van der Waals surface area (Å²) in [6, 6.07) is 3.28. The molecule has 0 bridgehead atoms. The number of halogens is 1. The summed E-state index contributed by atoms with van der Waals surface area (Å²) >= 11 is 0. The van der Waals surface area contributed by atoms with E-state index in [2.05, 4.69) is 4.98 Å². The van der Waals surface area contributed by atoms with Crippen molar-refractivity contribution in [1.29, 1.82) is 0 Å². The molecule has 0 aromatic carbocycles. The molecule has 3 rings (SSSR count). The van der Waals surface area contributed by atoms with E-state index in [4.69, 9.17) is 0 Å². The first-order valence-electron chi connectivity index (χ1n) is 4.94. The summed E-state index contributed by atoms with van der Waals surface area (Å²) in [5, 5.41) is 10.0. The largest absolute Gasteiger partial charge is 0.384 e. The second-order valence-electron chi connectivity index (χ2n) is 4.18. The van der Waals surface area contributed by atoms with Crippen molar-refractivity contribution in [3.63, 3.8) is 0 Å². The summed E-state index contributed by atoms with van der Waals surface area (Å²) < 4.78 is 14.8. The fourth-order valence-corrected chi connectivity index (χ4v) is 2.00. The Kier molecular flexibility index (Phi) is 1.52. The van der Waals surface area contributed by atoms with Gasteiger partial charge in [-0.15, -0.1) is 0 Å². The van der Waals surface area contributed by atoms with Crippen LogP contribution in [-0.2, 0) is 12.6 Å². The number of aliphatic hydroxyl groups is 1. The van der Waals surface area contributed by atoms with Crippen LogP contribution in [0.15, 0.2) is 18.3 Å². The monoisotopic (exact) mass is 206 g/mol. The third-order valence-corrected chi connectivity index (χ3v) is 3.06. The van der Waals surface area contributed by atoms with Crippen molar-refractivity contribution in [1.82, 2.24) is 9.55 Å².